The van der Waals surface area contributed by atoms with Crippen LogP contribution in [0.25, 0.3) is 16.7 Å². The number of hydrogen-bond donors (Lipinski definition) is 0. The minimum absolute atomic E-state index is 0.00797. The zero-order chi connectivity index (χ0) is 15.7. The van der Waals surface area contributed by atoms with Crippen molar-refractivity contribution in [3.05, 3.63) is 53.9 Å². The largest absolute Gasteiger partial charge is 0.461 e. The van der Waals surface area contributed by atoms with Crippen LogP contribution in [-0.2, 0) is 4.74 Å². The predicted octanol–water partition coefficient (Wildman–Crippen LogP) is 2.88. The smallest absolute Gasteiger partial charge is 0.359 e. The third kappa shape index (κ3) is 2.30. The molecule has 0 amide bonds. The highest BCUT2D eigenvalue weighted by Crippen LogP contribution is 2.23. The highest BCUT2D eigenvalue weighted by atomic mass is 19.1. The van der Waals surface area contributed by atoms with E-state index in [0.717, 1.165) is 22.9 Å². The summed E-state index contributed by atoms with van der Waals surface area (Å²) in [4.78, 5) is 16.1. The maximum atomic E-state index is 14.0. The van der Waals surface area contributed by atoms with Gasteiger partial charge in [0, 0.05) is 12.3 Å². The first-order chi connectivity index (χ1) is 10.6. The van der Waals surface area contributed by atoms with Crippen LogP contribution in [0.4, 0.5) is 8.78 Å². The van der Waals surface area contributed by atoms with E-state index < -0.39 is 17.6 Å². The van der Waals surface area contributed by atoms with Crippen LogP contribution in [0.3, 0.4) is 0 Å². The Bertz CT molecular complexity index is 861. The monoisotopic (exact) mass is 303 g/mol. The molecule has 112 valence electrons. The van der Waals surface area contributed by atoms with Gasteiger partial charge in [-0.1, -0.05) is 0 Å². The number of halogens is 2. The average molecular weight is 303 g/mol. The standard InChI is InChI=1S/C15H11F2N3O2/c1-2-22-15(21)13-10-4-3-7-18-14(10)20(19-13)12-8-9(16)5-6-11(12)17/h3-8H,2H2,1H3. The fraction of sp³-hybridized carbons (Fsp3) is 0.133. The summed E-state index contributed by atoms with van der Waals surface area (Å²) in [6.45, 7) is 1.85. The van der Waals surface area contributed by atoms with Crippen LogP contribution >= 0.6 is 0 Å². The minimum atomic E-state index is -0.674. The quantitative estimate of drug-likeness (QED) is 0.698. The van der Waals surface area contributed by atoms with Crippen LogP contribution in [0.2, 0.25) is 0 Å². The summed E-state index contributed by atoms with van der Waals surface area (Å²) >= 11 is 0. The van der Waals surface area contributed by atoms with Crippen molar-refractivity contribution in [1.29, 1.82) is 0 Å². The molecule has 0 fully saturated rings. The Morgan fingerprint density at radius 1 is 1.32 bits per heavy atom. The Labute approximate surface area is 124 Å². The van der Waals surface area contributed by atoms with E-state index in [1.807, 2.05) is 0 Å². The number of pyridine rings is 1. The normalized spacial score (nSPS) is 10.9. The van der Waals surface area contributed by atoms with Gasteiger partial charge in [-0.05, 0) is 31.2 Å². The highest BCUT2D eigenvalue weighted by Gasteiger charge is 2.21. The van der Waals surface area contributed by atoms with Crippen molar-refractivity contribution in [1.82, 2.24) is 14.8 Å². The minimum Gasteiger partial charge on any atom is -0.461 e. The number of carbonyl (C=O) groups is 1. The maximum absolute atomic E-state index is 14.0. The van der Waals surface area contributed by atoms with E-state index >= 15 is 0 Å². The Morgan fingerprint density at radius 3 is 2.91 bits per heavy atom. The molecule has 3 aromatic rings. The lowest BCUT2D eigenvalue weighted by Crippen LogP contribution is -2.07. The van der Waals surface area contributed by atoms with Gasteiger partial charge < -0.3 is 4.74 Å². The zero-order valence-corrected chi connectivity index (χ0v) is 11.6. The second-order valence-corrected chi connectivity index (χ2v) is 4.45. The molecule has 0 spiro atoms. The topological polar surface area (TPSA) is 57.0 Å². The average Bonchev–Trinajstić information content (AvgIpc) is 2.90. The van der Waals surface area contributed by atoms with Crippen molar-refractivity contribution in [3.8, 4) is 5.69 Å². The van der Waals surface area contributed by atoms with Crippen LogP contribution in [0, 0.1) is 11.6 Å². The first-order valence-electron chi connectivity index (χ1n) is 6.58. The Hall–Kier alpha value is -2.83. The number of ether oxygens (including phenoxy) is 1. The second-order valence-electron chi connectivity index (χ2n) is 4.45. The molecule has 2 aromatic heterocycles. The third-order valence-corrected chi connectivity index (χ3v) is 3.05. The number of hydrogen-bond acceptors (Lipinski definition) is 4. The molecule has 1 aromatic carbocycles. The van der Waals surface area contributed by atoms with Crippen molar-refractivity contribution in [2.75, 3.05) is 6.61 Å². The molecule has 5 nitrogen and oxygen atoms in total. The van der Waals surface area contributed by atoms with E-state index in [9.17, 15) is 13.6 Å². The number of aromatic nitrogens is 3. The van der Waals surface area contributed by atoms with E-state index in [4.69, 9.17) is 4.74 Å². The summed E-state index contributed by atoms with van der Waals surface area (Å²) in [5.41, 5.74) is 0.128. The van der Waals surface area contributed by atoms with Crippen LogP contribution in [0.5, 0.6) is 0 Å². The van der Waals surface area contributed by atoms with Crippen LogP contribution in [0.15, 0.2) is 36.5 Å². The molecule has 0 saturated carbocycles. The SMILES string of the molecule is CCOC(=O)c1nn(-c2cc(F)ccc2F)c2ncccc12. The van der Waals surface area contributed by atoms with Crippen molar-refractivity contribution in [2.45, 2.75) is 6.92 Å². The van der Waals surface area contributed by atoms with Crippen LogP contribution in [0.1, 0.15) is 17.4 Å². The lowest BCUT2D eigenvalue weighted by Gasteiger charge is -2.04. The second kappa shape index (κ2) is 5.51. The zero-order valence-electron chi connectivity index (χ0n) is 11.6. The van der Waals surface area contributed by atoms with Gasteiger partial charge in [0.05, 0.1) is 12.0 Å². The lowest BCUT2D eigenvalue weighted by molar-refractivity contribution is 0.0521. The maximum Gasteiger partial charge on any atom is 0.359 e. The summed E-state index contributed by atoms with van der Waals surface area (Å²) in [7, 11) is 0. The van der Waals surface area contributed by atoms with Crippen LogP contribution < -0.4 is 0 Å². The van der Waals surface area contributed by atoms with E-state index in [0.29, 0.717) is 5.39 Å². The number of benzene rings is 1. The van der Waals surface area contributed by atoms with Gasteiger partial charge in [0.25, 0.3) is 0 Å². The molecule has 0 aliphatic carbocycles. The molecular formula is C15H11F2N3O2. The van der Waals surface area contributed by atoms with E-state index in [2.05, 4.69) is 10.1 Å². The molecule has 7 heteroatoms. The number of nitrogens with zero attached hydrogens (tertiary/aromatic N) is 3. The number of fused-ring (bicyclic) bond motifs is 1. The van der Waals surface area contributed by atoms with Crippen LogP contribution in [-0.4, -0.2) is 27.3 Å². The summed E-state index contributed by atoms with van der Waals surface area (Å²) in [6, 6.07) is 6.23. The van der Waals surface area contributed by atoms with Gasteiger partial charge in [-0.15, -0.1) is 0 Å². The Balaban J connectivity index is 2.26. The van der Waals surface area contributed by atoms with Gasteiger partial charge in [0.2, 0.25) is 0 Å². The molecule has 0 radical (unpaired) electrons. The lowest BCUT2D eigenvalue weighted by atomic mass is 10.2. The third-order valence-electron chi connectivity index (χ3n) is 3.05. The summed E-state index contributed by atoms with van der Waals surface area (Å²) in [6.07, 6.45) is 1.48. The van der Waals surface area contributed by atoms with Gasteiger partial charge in [-0.2, -0.15) is 5.10 Å². The van der Waals surface area contributed by atoms with Gasteiger partial charge in [-0.3, -0.25) is 0 Å². The number of rotatable bonds is 3. The molecule has 0 atom stereocenters. The van der Waals surface area contributed by atoms with Crippen molar-refractivity contribution in [3.63, 3.8) is 0 Å². The van der Waals surface area contributed by atoms with Crippen molar-refractivity contribution < 1.29 is 18.3 Å². The summed E-state index contributed by atoms with van der Waals surface area (Å²) in [5.74, 6) is -1.93. The van der Waals surface area contributed by atoms with Gasteiger partial charge >= 0.3 is 5.97 Å². The summed E-state index contributed by atoms with van der Waals surface area (Å²) in [5, 5.41) is 4.46. The molecule has 0 aliphatic rings. The molecule has 0 bridgehead atoms. The van der Waals surface area contributed by atoms with E-state index in [-0.39, 0.29) is 23.6 Å². The fourth-order valence-electron chi connectivity index (χ4n) is 2.12. The first-order valence-corrected chi connectivity index (χ1v) is 6.58. The van der Waals surface area contributed by atoms with Crippen molar-refractivity contribution in [2.24, 2.45) is 0 Å². The van der Waals surface area contributed by atoms with Crippen molar-refractivity contribution >= 4 is 17.0 Å². The predicted molar refractivity (Wildman–Crippen MR) is 74.7 cm³/mol. The molecule has 2 heterocycles. The Morgan fingerprint density at radius 2 is 2.14 bits per heavy atom. The van der Waals surface area contributed by atoms with Gasteiger partial charge in [0.1, 0.15) is 17.3 Å². The fourth-order valence-corrected chi connectivity index (χ4v) is 2.12. The molecule has 22 heavy (non-hydrogen) atoms. The number of esters is 1. The molecular weight excluding hydrogens is 292 g/mol. The van der Waals surface area contributed by atoms with Gasteiger partial charge in [0.15, 0.2) is 11.3 Å². The van der Waals surface area contributed by atoms with E-state index in [1.165, 1.54) is 6.20 Å². The van der Waals surface area contributed by atoms with Gasteiger partial charge in [-0.25, -0.2) is 23.2 Å². The molecule has 0 unspecified atom stereocenters. The molecule has 0 saturated heterocycles. The van der Waals surface area contributed by atoms with E-state index in [1.54, 1.807) is 19.1 Å². The molecule has 3 rings (SSSR count). The first kappa shape index (κ1) is 14.1. The molecule has 0 N–H and O–H groups in total. The Kier molecular flexibility index (Phi) is 3.54. The highest BCUT2D eigenvalue weighted by molar-refractivity contribution is 6.01. The number of carbonyl (C=O) groups excluding carboxylic acids is 1. The molecule has 0 aliphatic heterocycles. The summed E-state index contributed by atoms with van der Waals surface area (Å²) < 4.78 is 33.4.